The van der Waals surface area contributed by atoms with Crippen molar-refractivity contribution in [3.05, 3.63) is 94.1 Å². The third kappa shape index (κ3) is 3.09. The summed E-state index contributed by atoms with van der Waals surface area (Å²) in [4.78, 5) is 28.4. The lowest BCUT2D eigenvalue weighted by molar-refractivity contribution is -0.132. The van der Waals surface area contributed by atoms with Crippen LogP contribution in [0.2, 0.25) is 0 Å². The molecule has 4 aromatic rings. The summed E-state index contributed by atoms with van der Waals surface area (Å²) in [6.07, 6.45) is 2.00. The monoisotopic (exact) mass is 396 g/mol. The van der Waals surface area contributed by atoms with E-state index in [0.29, 0.717) is 10.8 Å². The molecule has 5 rings (SSSR count). The van der Waals surface area contributed by atoms with Crippen molar-refractivity contribution in [1.82, 2.24) is 9.47 Å². The van der Waals surface area contributed by atoms with Gasteiger partial charge in [0.05, 0.1) is 17.1 Å². The Kier molecular flexibility index (Phi) is 4.62. The number of fused-ring (bicyclic) bond motifs is 2. The molecule has 4 heteroatoms. The summed E-state index contributed by atoms with van der Waals surface area (Å²) in [5.41, 5.74) is 4.05. The molecule has 150 valence electrons. The first-order chi connectivity index (χ1) is 14.6. The van der Waals surface area contributed by atoms with Gasteiger partial charge in [-0.25, -0.2) is 0 Å². The van der Waals surface area contributed by atoms with E-state index in [2.05, 4.69) is 31.2 Å². The molecule has 1 aliphatic rings. The molecule has 4 nitrogen and oxygen atoms in total. The molecule has 1 fully saturated rings. The number of aryl methyl sites for hydroxylation is 1. The second kappa shape index (κ2) is 7.45. The van der Waals surface area contributed by atoms with Crippen molar-refractivity contribution in [3.8, 4) is 0 Å². The number of para-hydroxylation sites is 2. The van der Waals surface area contributed by atoms with Crippen molar-refractivity contribution in [2.24, 2.45) is 0 Å². The highest BCUT2D eigenvalue weighted by Gasteiger charge is 2.30. The summed E-state index contributed by atoms with van der Waals surface area (Å²) in [6, 6.07) is 23.7. The maximum atomic E-state index is 13.5. The van der Waals surface area contributed by atoms with Crippen molar-refractivity contribution >= 4 is 27.7 Å². The molecule has 1 aromatic heterocycles. The van der Waals surface area contributed by atoms with E-state index in [9.17, 15) is 9.59 Å². The van der Waals surface area contributed by atoms with Crippen molar-refractivity contribution in [2.75, 3.05) is 6.54 Å². The second-order valence-electron chi connectivity index (χ2n) is 8.11. The van der Waals surface area contributed by atoms with Gasteiger partial charge in [-0.1, -0.05) is 54.1 Å². The molecular weight excluding hydrogens is 372 g/mol. The van der Waals surface area contributed by atoms with Crippen LogP contribution in [-0.2, 0) is 11.3 Å². The lowest BCUT2D eigenvalue weighted by Crippen LogP contribution is -2.34. The van der Waals surface area contributed by atoms with E-state index in [1.807, 2.05) is 58.0 Å². The lowest BCUT2D eigenvalue weighted by Gasteiger charge is -2.26. The third-order valence-electron chi connectivity index (χ3n) is 6.21. The van der Waals surface area contributed by atoms with Crippen LogP contribution in [-0.4, -0.2) is 21.9 Å². The standard InChI is InChI=1S/C26H24N2O2/c1-18-12-14-19(15-13-18)22-11-6-16-27(22)25(29)17-28-23-9-4-2-7-20(23)26(30)21-8-3-5-10-24(21)28/h2-5,7-10,12-15,22H,6,11,16-17H2,1H3/t22-/m1/s1. The predicted octanol–water partition coefficient (Wildman–Crippen LogP) is 4.83. The van der Waals surface area contributed by atoms with Crippen LogP contribution in [0, 0.1) is 6.92 Å². The highest BCUT2D eigenvalue weighted by molar-refractivity contribution is 5.94. The Bertz CT molecular complexity index is 1240. The molecule has 0 spiro atoms. The Balaban J connectivity index is 1.56. The quantitative estimate of drug-likeness (QED) is 0.466. The van der Waals surface area contributed by atoms with Crippen LogP contribution in [0.5, 0.6) is 0 Å². The number of hydrogen-bond acceptors (Lipinski definition) is 2. The number of aromatic nitrogens is 1. The fourth-order valence-electron chi connectivity index (χ4n) is 4.67. The molecule has 1 atom stereocenters. The number of likely N-dealkylation sites (tertiary alicyclic amines) is 1. The van der Waals surface area contributed by atoms with Gasteiger partial charge in [0, 0.05) is 17.3 Å². The van der Waals surface area contributed by atoms with Crippen LogP contribution in [0.3, 0.4) is 0 Å². The molecular formula is C26H24N2O2. The fourth-order valence-corrected chi connectivity index (χ4v) is 4.67. The van der Waals surface area contributed by atoms with Gasteiger partial charge in [0.15, 0.2) is 5.43 Å². The van der Waals surface area contributed by atoms with Gasteiger partial charge < -0.3 is 9.47 Å². The fraction of sp³-hybridized carbons (Fsp3) is 0.231. The predicted molar refractivity (Wildman–Crippen MR) is 121 cm³/mol. The number of carbonyl (C=O) groups is 1. The van der Waals surface area contributed by atoms with Gasteiger partial charge in [0.1, 0.15) is 6.54 Å². The van der Waals surface area contributed by atoms with Crippen LogP contribution in [0.15, 0.2) is 77.6 Å². The largest absolute Gasteiger partial charge is 0.334 e. The van der Waals surface area contributed by atoms with E-state index in [4.69, 9.17) is 0 Å². The first-order valence-corrected chi connectivity index (χ1v) is 10.5. The van der Waals surface area contributed by atoms with E-state index in [-0.39, 0.29) is 23.9 Å². The van der Waals surface area contributed by atoms with Gasteiger partial charge in [0.25, 0.3) is 0 Å². The van der Waals surface area contributed by atoms with E-state index in [1.54, 1.807) is 0 Å². The topological polar surface area (TPSA) is 42.3 Å². The minimum absolute atomic E-state index is 0.0172. The van der Waals surface area contributed by atoms with Gasteiger partial charge in [-0.2, -0.15) is 0 Å². The molecule has 0 N–H and O–H groups in total. The zero-order valence-corrected chi connectivity index (χ0v) is 17.0. The molecule has 0 saturated carbocycles. The Morgan fingerprint density at radius 1 is 0.900 bits per heavy atom. The summed E-state index contributed by atoms with van der Waals surface area (Å²) >= 11 is 0. The molecule has 3 aromatic carbocycles. The van der Waals surface area contributed by atoms with Crippen molar-refractivity contribution in [3.63, 3.8) is 0 Å². The number of carbonyl (C=O) groups excluding carboxylic acids is 1. The van der Waals surface area contributed by atoms with Crippen LogP contribution in [0.25, 0.3) is 21.8 Å². The molecule has 1 saturated heterocycles. The van der Waals surface area contributed by atoms with E-state index < -0.39 is 0 Å². The first kappa shape index (κ1) is 18.6. The number of rotatable bonds is 3. The Hall–Kier alpha value is -3.40. The molecule has 1 amide bonds. The normalized spacial score (nSPS) is 16.4. The number of benzene rings is 3. The summed E-state index contributed by atoms with van der Waals surface area (Å²) in [7, 11) is 0. The molecule has 0 radical (unpaired) electrons. The molecule has 30 heavy (non-hydrogen) atoms. The summed E-state index contributed by atoms with van der Waals surface area (Å²) in [5.74, 6) is 0.0945. The van der Waals surface area contributed by atoms with Crippen LogP contribution >= 0.6 is 0 Å². The summed E-state index contributed by atoms with van der Waals surface area (Å²) < 4.78 is 2.00. The van der Waals surface area contributed by atoms with Gasteiger partial charge in [-0.3, -0.25) is 9.59 Å². The van der Waals surface area contributed by atoms with Crippen molar-refractivity contribution in [2.45, 2.75) is 32.4 Å². The highest BCUT2D eigenvalue weighted by Crippen LogP contribution is 2.32. The van der Waals surface area contributed by atoms with Crippen molar-refractivity contribution < 1.29 is 4.79 Å². The lowest BCUT2D eigenvalue weighted by atomic mass is 10.0. The average molecular weight is 396 g/mol. The summed E-state index contributed by atoms with van der Waals surface area (Å²) in [5, 5.41) is 1.31. The smallest absolute Gasteiger partial charge is 0.243 e. The van der Waals surface area contributed by atoms with Crippen LogP contribution < -0.4 is 5.43 Å². The minimum Gasteiger partial charge on any atom is -0.334 e. The van der Waals surface area contributed by atoms with Gasteiger partial charge >= 0.3 is 0 Å². The van der Waals surface area contributed by atoms with E-state index >= 15 is 0 Å². The Morgan fingerprint density at radius 3 is 2.13 bits per heavy atom. The summed E-state index contributed by atoms with van der Waals surface area (Å²) in [6.45, 7) is 3.07. The maximum Gasteiger partial charge on any atom is 0.243 e. The number of hydrogen-bond donors (Lipinski definition) is 0. The van der Waals surface area contributed by atoms with E-state index in [0.717, 1.165) is 30.4 Å². The molecule has 2 heterocycles. The zero-order chi connectivity index (χ0) is 20.7. The SMILES string of the molecule is Cc1ccc([C@H]2CCCN2C(=O)Cn2c3ccccc3c(=O)c3ccccc32)cc1. The molecule has 1 aliphatic heterocycles. The second-order valence-corrected chi connectivity index (χ2v) is 8.11. The zero-order valence-electron chi connectivity index (χ0n) is 17.0. The van der Waals surface area contributed by atoms with Crippen molar-refractivity contribution in [1.29, 1.82) is 0 Å². The van der Waals surface area contributed by atoms with E-state index in [1.165, 1.54) is 11.1 Å². The number of amides is 1. The maximum absolute atomic E-state index is 13.5. The Labute approximate surface area is 175 Å². The minimum atomic E-state index is 0.0172. The van der Waals surface area contributed by atoms with Crippen LogP contribution in [0.4, 0.5) is 0 Å². The Morgan fingerprint density at radius 2 is 1.50 bits per heavy atom. The highest BCUT2D eigenvalue weighted by atomic mass is 16.2. The van der Waals surface area contributed by atoms with Gasteiger partial charge in [-0.15, -0.1) is 0 Å². The molecule has 0 aliphatic carbocycles. The molecule has 0 unspecified atom stereocenters. The van der Waals surface area contributed by atoms with Gasteiger partial charge in [0.2, 0.25) is 5.91 Å². The number of pyridine rings is 1. The van der Waals surface area contributed by atoms with Gasteiger partial charge in [-0.05, 0) is 49.6 Å². The third-order valence-corrected chi connectivity index (χ3v) is 6.21. The number of nitrogens with zero attached hydrogens (tertiary/aromatic N) is 2. The molecule has 0 bridgehead atoms. The average Bonchev–Trinajstić information content (AvgIpc) is 3.27. The first-order valence-electron chi connectivity index (χ1n) is 10.5. The van der Waals surface area contributed by atoms with Crippen LogP contribution in [0.1, 0.15) is 30.0 Å².